The molecule has 2 aromatic rings. The molecule has 0 aliphatic carbocycles. The average molecular weight is 220 g/mol. The third-order valence-corrected chi connectivity index (χ3v) is 2.55. The molecular formula is C12H10ClNO. The Labute approximate surface area is 93.2 Å². The number of benzene rings is 1. The van der Waals surface area contributed by atoms with Crippen LogP contribution in [0.2, 0.25) is 5.02 Å². The fourth-order valence-corrected chi connectivity index (χ4v) is 1.61. The summed E-state index contributed by atoms with van der Waals surface area (Å²) in [4.78, 5) is 3.95. The van der Waals surface area contributed by atoms with E-state index in [1.54, 1.807) is 18.5 Å². The Morgan fingerprint density at radius 1 is 1.13 bits per heavy atom. The van der Waals surface area contributed by atoms with E-state index in [0.29, 0.717) is 10.6 Å². The molecule has 0 spiro atoms. The van der Waals surface area contributed by atoms with Crippen LogP contribution >= 0.6 is 11.6 Å². The van der Waals surface area contributed by atoms with E-state index >= 15 is 0 Å². The largest absolute Gasteiger partial charge is 0.384 e. The normalized spacial score (nSPS) is 12.4. The number of pyridine rings is 1. The van der Waals surface area contributed by atoms with Crippen molar-refractivity contribution in [1.82, 2.24) is 4.98 Å². The molecule has 0 radical (unpaired) electrons. The van der Waals surface area contributed by atoms with Gasteiger partial charge in [0.2, 0.25) is 0 Å². The minimum absolute atomic E-state index is 0.529. The molecule has 3 heteroatoms. The lowest BCUT2D eigenvalue weighted by atomic mass is 10.0. The molecule has 0 bridgehead atoms. The highest BCUT2D eigenvalue weighted by Gasteiger charge is 2.12. The molecule has 0 saturated heterocycles. The Morgan fingerprint density at radius 2 is 1.87 bits per heavy atom. The first-order valence-electron chi connectivity index (χ1n) is 4.61. The van der Waals surface area contributed by atoms with Gasteiger partial charge in [0.25, 0.3) is 0 Å². The van der Waals surface area contributed by atoms with Gasteiger partial charge < -0.3 is 5.11 Å². The number of halogens is 1. The van der Waals surface area contributed by atoms with Crippen molar-refractivity contribution in [2.45, 2.75) is 6.10 Å². The van der Waals surface area contributed by atoms with E-state index in [-0.39, 0.29) is 0 Å². The summed E-state index contributed by atoms with van der Waals surface area (Å²) in [5.41, 5.74) is 1.44. The molecule has 2 rings (SSSR count). The van der Waals surface area contributed by atoms with Gasteiger partial charge >= 0.3 is 0 Å². The maximum Gasteiger partial charge on any atom is 0.107 e. The lowest BCUT2D eigenvalue weighted by molar-refractivity contribution is 0.220. The van der Waals surface area contributed by atoms with E-state index in [4.69, 9.17) is 11.6 Å². The van der Waals surface area contributed by atoms with Crippen molar-refractivity contribution in [2.75, 3.05) is 0 Å². The van der Waals surface area contributed by atoms with Crippen molar-refractivity contribution in [3.8, 4) is 0 Å². The Hall–Kier alpha value is -1.38. The maximum absolute atomic E-state index is 10.0. The first kappa shape index (κ1) is 10.1. The van der Waals surface area contributed by atoms with Gasteiger partial charge in [-0.05, 0) is 11.6 Å². The second kappa shape index (κ2) is 4.43. The first-order chi connectivity index (χ1) is 7.29. The highest BCUT2D eigenvalue weighted by Crippen LogP contribution is 2.26. The van der Waals surface area contributed by atoms with Crippen LogP contribution in [-0.4, -0.2) is 10.1 Å². The molecule has 1 heterocycles. The van der Waals surface area contributed by atoms with E-state index in [1.165, 1.54) is 0 Å². The molecule has 2 nitrogen and oxygen atoms in total. The van der Waals surface area contributed by atoms with Gasteiger partial charge in [-0.2, -0.15) is 0 Å². The molecule has 1 aromatic heterocycles. The number of hydrogen-bond donors (Lipinski definition) is 1. The van der Waals surface area contributed by atoms with Gasteiger partial charge in [0.15, 0.2) is 0 Å². The number of aromatic nitrogens is 1. The third kappa shape index (κ3) is 2.17. The summed E-state index contributed by atoms with van der Waals surface area (Å²) in [6.07, 6.45) is 2.47. The molecule has 0 unspecified atom stereocenters. The Morgan fingerprint density at radius 3 is 2.53 bits per heavy atom. The molecule has 0 aliphatic heterocycles. The summed E-state index contributed by atoms with van der Waals surface area (Å²) in [7, 11) is 0. The zero-order chi connectivity index (χ0) is 10.7. The van der Waals surface area contributed by atoms with Crippen LogP contribution in [0.4, 0.5) is 0 Å². The summed E-state index contributed by atoms with van der Waals surface area (Å²) in [6, 6.07) is 11.0. The fraction of sp³-hybridized carbons (Fsp3) is 0.0833. The van der Waals surface area contributed by atoms with E-state index in [9.17, 15) is 5.11 Å². The minimum atomic E-state index is -0.715. The van der Waals surface area contributed by atoms with Gasteiger partial charge in [0.05, 0.1) is 0 Å². The number of aliphatic hydroxyl groups is 1. The maximum atomic E-state index is 10.0. The van der Waals surface area contributed by atoms with Crippen LogP contribution in [0.25, 0.3) is 0 Å². The predicted molar refractivity (Wildman–Crippen MR) is 59.8 cm³/mol. The van der Waals surface area contributed by atoms with E-state index in [1.807, 2.05) is 30.3 Å². The third-order valence-electron chi connectivity index (χ3n) is 2.21. The summed E-state index contributed by atoms with van der Waals surface area (Å²) in [6.45, 7) is 0. The van der Waals surface area contributed by atoms with Crippen LogP contribution in [0.1, 0.15) is 17.2 Å². The van der Waals surface area contributed by atoms with Crippen LogP contribution in [0.3, 0.4) is 0 Å². The van der Waals surface area contributed by atoms with Crippen LogP contribution in [-0.2, 0) is 0 Å². The highest BCUT2D eigenvalue weighted by atomic mass is 35.5. The first-order valence-corrected chi connectivity index (χ1v) is 4.99. The quantitative estimate of drug-likeness (QED) is 0.843. The zero-order valence-corrected chi connectivity index (χ0v) is 8.72. The molecule has 1 N–H and O–H groups in total. The van der Waals surface area contributed by atoms with Crippen molar-refractivity contribution >= 4 is 11.6 Å². The van der Waals surface area contributed by atoms with Crippen molar-refractivity contribution in [2.24, 2.45) is 0 Å². The van der Waals surface area contributed by atoms with Gasteiger partial charge in [0, 0.05) is 23.0 Å². The fourth-order valence-electron chi connectivity index (χ4n) is 1.41. The van der Waals surface area contributed by atoms with E-state index in [0.717, 1.165) is 5.56 Å². The highest BCUT2D eigenvalue weighted by molar-refractivity contribution is 6.31. The van der Waals surface area contributed by atoms with Crippen LogP contribution in [0.15, 0.2) is 48.8 Å². The number of hydrogen-bond acceptors (Lipinski definition) is 2. The zero-order valence-electron chi connectivity index (χ0n) is 7.97. The summed E-state index contributed by atoms with van der Waals surface area (Å²) < 4.78 is 0. The monoisotopic (exact) mass is 219 g/mol. The molecule has 1 atom stereocenters. The number of aliphatic hydroxyl groups excluding tert-OH is 1. The Kier molecular flexibility index (Phi) is 2.99. The SMILES string of the molecule is O[C@H](c1ccccc1)c1cnccc1Cl. The van der Waals surface area contributed by atoms with Crippen LogP contribution < -0.4 is 0 Å². The summed E-state index contributed by atoms with van der Waals surface area (Å²) in [5.74, 6) is 0. The topological polar surface area (TPSA) is 33.1 Å². The molecule has 76 valence electrons. The second-order valence-electron chi connectivity index (χ2n) is 3.21. The lowest BCUT2D eigenvalue weighted by Gasteiger charge is -2.11. The van der Waals surface area contributed by atoms with Gasteiger partial charge in [-0.1, -0.05) is 41.9 Å². The number of rotatable bonds is 2. The standard InChI is InChI=1S/C12H10ClNO/c13-11-6-7-14-8-10(11)12(15)9-4-2-1-3-5-9/h1-8,12,15H/t12-/m1/s1. The van der Waals surface area contributed by atoms with Gasteiger partial charge in [-0.15, -0.1) is 0 Å². The minimum Gasteiger partial charge on any atom is -0.384 e. The second-order valence-corrected chi connectivity index (χ2v) is 3.62. The molecule has 0 aliphatic rings. The Balaban J connectivity index is 2.37. The van der Waals surface area contributed by atoms with E-state index in [2.05, 4.69) is 4.98 Å². The van der Waals surface area contributed by atoms with Crippen molar-refractivity contribution in [3.05, 3.63) is 64.9 Å². The van der Waals surface area contributed by atoms with Crippen LogP contribution in [0.5, 0.6) is 0 Å². The molecule has 1 aromatic carbocycles. The molecular weight excluding hydrogens is 210 g/mol. The van der Waals surface area contributed by atoms with Gasteiger partial charge in [-0.25, -0.2) is 0 Å². The van der Waals surface area contributed by atoms with E-state index < -0.39 is 6.10 Å². The Bertz CT molecular complexity index is 444. The molecule has 15 heavy (non-hydrogen) atoms. The predicted octanol–water partition coefficient (Wildman–Crippen LogP) is 2.82. The number of nitrogens with zero attached hydrogens (tertiary/aromatic N) is 1. The van der Waals surface area contributed by atoms with Crippen LogP contribution in [0, 0.1) is 0 Å². The smallest absolute Gasteiger partial charge is 0.107 e. The molecule has 0 fully saturated rings. The van der Waals surface area contributed by atoms with Gasteiger partial charge in [-0.3, -0.25) is 4.98 Å². The molecule has 0 amide bonds. The van der Waals surface area contributed by atoms with Crippen molar-refractivity contribution in [3.63, 3.8) is 0 Å². The van der Waals surface area contributed by atoms with Crippen molar-refractivity contribution < 1.29 is 5.11 Å². The molecule has 0 saturated carbocycles. The van der Waals surface area contributed by atoms with Gasteiger partial charge in [0.1, 0.15) is 6.10 Å². The summed E-state index contributed by atoms with van der Waals surface area (Å²) in [5, 5.41) is 10.6. The average Bonchev–Trinajstić information content (AvgIpc) is 2.30. The summed E-state index contributed by atoms with van der Waals surface area (Å²) >= 11 is 5.97. The lowest BCUT2D eigenvalue weighted by Crippen LogP contribution is -2.00. The van der Waals surface area contributed by atoms with Crippen molar-refractivity contribution in [1.29, 1.82) is 0 Å².